The number of rotatable bonds is 6. The Morgan fingerprint density at radius 2 is 1.12 bits per heavy atom. The van der Waals surface area contributed by atoms with Crippen molar-refractivity contribution >= 4 is 24.2 Å². The van der Waals surface area contributed by atoms with Crippen LogP contribution in [0.4, 0.5) is 0 Å². The van der Waals surface area contributed by atoms with Crippen molar-refractivity contribution in [3.8, 4) is 0 Å². The first-order chi connectivity index (χ1) is 12.0. The molecule has 0 saturated heterocycles. The molecule has 0 fully saturated rings. The highest BCUT2D eigenvalue weighted by atomic mass is 16.2. The minimum Gasteiger partial charge on any atom is -0.273 e. The maximum atomic E-state index is 11.6. The molecular weight excluding hydrogens is 316 g/mol. The lowest BCUT2D eigenvalue weighted by atomic mass is 10.2. The zero-order chi connectivity index (χ0) is 18.1. The maximum Gasteiger partial charge on any atom is 0.249 e. The molecule has 25 heavy (non-hydrogen) atoms. The largest absolute Gasteiger partial charge is 0.273 e. The summed E-state index contributed by atoms with van der Waals surface area (Å²) in [5.41, 5.74) is 8.62. The normalized spacial score (nSPS) is 11.0. The van der Waals surface area contributed by atoms with E-state index in [1.54, 1.807) is 0 Å². The van der Waals surface area contributed by atoms with Crippen LogP contribution in [-0.4, -0.2) is 24.2 Å². The Bertz CT molecular complexity index is 711. The standard InChI is InChI=1S/C19H20N4O2/c1-14-3-7-16(8-4-14)12-20-22-18(24)11-19(25)23-21-13-17-9-5-15(2)6-10-17/h3-10,12-13H,11H2,1-2H3,(H,22,24)(H,23,25)/b20-12+,21-13+. The first-order valence-electron chi connectivity index (χ1n) is 7.80. The van der Waals surface area contributed by atoms with Gasteiger partial charge in [0.25, 0.3) is 0 Å². The molecule has 0 bridgehead atoms. The molecule has 0 atom stereocenters. The highest BCUT2D eigenvalue weighted by molar-refractivity contribution is 5.97. The van der Waals surface area contributed by atoms with Gasteiger partial charge in [0.15, 0.2) is 0 Å². The number of carbonyl (C=O) groups excluding carboxylic acids is 2. The van der Waals surface area contributed by atoms with E-state index in [1.807, 2.05) is 62.4 Å². The van der Waals surface area contributed by atoms with Gasteiger partial charge in [0.2, 0.25) is 11.8 Å². The van der Waals surface area contributed by atoms with Crippen molar-refractivity contribution in [2.24, 2.45) is 10.2 Å². The summed E-state index contributed by atoms with van der Waals surface area (Å²) in [6.07, 6.45) is 2.69. The van der Waals surface area contributed by atoms with E-state index in [1.165, 1.54) is 12.4 Å². The minimum absolute atomic E-state index is 0.351. The molecule has 128 valence electrons. The summed E-state index contributed by atoms with van der Waals surface area (Å²) >= 11 is 0. The summed E-state index contributed by atoms with van der Waals surface area (Å²) < 4.78 is 0. The van der Waals surface area contributed by atoms with Gasteiger partial charge in [-0.3, -0.25) is 9.59 Å². The lowest BCUT2D eigenvalue weighted by molar-refractivity contribution is -0.129. The number of aryl methyl sites for hydroxylation is 2. The Morgan fingerprint density at radius 1 is 0.760 bits per heavy atom. The Balaban J connectivity index is 1.73. The molecule has 2 amide bonds. The molecule has 0 aliphatic carbocycles. The average molecular weight is 336 g/mol. The smallest absolute Gasteiger partial charge is 0.249 e. The second-order valence-electron chi connectivity index (χ2n) is 5.58. The molecule has 0 aromatic heterocycles. The zero-order valence-electron chi connectivity index (χ0n) is 14.2. The minimum atomic E-state index is -0.508. The molecule has 6 nitrogen and oxygen atoms in total. The van der Waals surface area contributed by atoms with E-state index < -0.39 is 11.8 Å². The predicted octanol–water partition coefficient (Wildman–Crippen LogP) is 2.29. The van der Waals surface area contributed by atoms with Crippen LogP contribution in [0.15, 0.2) is 58.7 Å². The van der Waals surface area contributed by atoms with Crippen LogP contribution >= 0.6 is 0 Å². The van der Waals surface area contributed by atoms with Crippen LogP contribution in [0.5, 0.6) is 0 Å². The molecule has 0 saturated carbocycles. The van der Waals surface area contributed by atoms with Crippen LogP contribution in [0, 0.1) is 13.8 Å². The van der Waals surface area contributed by atoms with E-state index in [9.17, 15) is 9.59 Å². The van der Waals surface area contributed by atoms with Gasteiger partial charge in [-0.2, -0.15) is 10.2 Å². The molecule has 0 aliphatic heterocycles. The molecule has 2 aromatic carbocycles. The third kappa shape index (κ3) is 6.78. The van der Waals surface area contributed by atoms with Crippen molar-refractivity contribution < 1.29 is 9.59 Å². The van der Waals surface area contributed by atoms with E-state index in [0.29, 0.717) is 0 Å². The number of nitrogens with one attached hydrogen (secondary N) is 2. The summed E-state index contributed by atoms with van der Waals surface area (Å²) in [6.45, 7) is 3.98. The Hall–Kier alpha value is -3.28. The third-order valence-electron chi connectivity index (χ3n) is 3.28. The fourth-order valence-corrected chi connectivity index (χ4v) is 1.89. The number of hydrogen-bond donors (Lipinski definition) is 2. The molecule has 6 heteroatoms. The monoisotopic (exact) mass is 336 g/mol. The van der Waals surface area contributed by atoms with Gasteiger partial charge in [-0.15, -0.1) is 0 Å². The number of hydrazone groups is 2. The van der Waals surface area contributed by atoms with Gasteiger partial charge in [-0.05, 0) is 25.0 Å². The van der Waals surface area contributed by atoms with Gasteiger partial charge in [-0.1, -0.05) is 59.7 Å². The second-order valence-corrected chi connectivity index (χ2v) is 5.58. The fraction of sp³-hybridized carbons (Fsp3) is 0.158. The Morgan fingerprint density at radius 3 is 1.48 bits per heavy atom. The van der Waals surface area contributed by atoms with Crippen molar-refractivity contribution in [1.82, 2.24) is 10.9 Å². The predicted molar refractivity (Wildman–Crippen MR) is 98.4 cm³/mol. The highest BCUT2D eigenvalue weighted by Gasteiger charge is 2.07. The summed E-state index contributed by atoms with van der Waals surface area (Å²) in [4.78, 5) is 23.3. The lowest BCUT2D eigenvalue weighted by Crippen LogP contribution is -2.27. The molecule has 2 aromatic rings. The van der Waals surface area contributed by atoms with Gasteiger partial charge in [0.05, 0.1) is 12.4 Å². The van der Waals surface area contributed by atoms with E-state index >= 15 is 0 Å². The van der Waals surface area contributed by atoms with E-state index in [-0.39, 0.29) is 6.42 Å². The Labute approximate surface area is 146 Å². The second kappa shape index (κ2) is 9.12. The lowest BCUT2D eigenvalue weighted by Gasteiger charge is -2.00. The van der Waals surface area contributed by atoms with Crippen molar-refractivity contribution in [2.45, 2.75) is 20.3 Å². The number of hydrogen-bond acceptors (Lipinski definition) is 4. The molecule has 0 heterocycles. The first kappa shape index (κ1) is 18.1. The molecule has 0 aliphatic rings. The van der Waals surface area contributed by atoms with Gasteiger partial charge in [0.1, 0.15) is 6.42 Å². The van der Waals surface area contributed by atoms with Gasteiger partial charge in [-0.25, -0.2) is 10.9 Å². The topological polar surface area (TPSA) is 82.9 Å². The maximum absolute atomic E-state index is 11.6. The van der Waals surface area contributed by atoms with Crippen LogP contribution in [0.3, 0.4) is 0 Å². The molecule has 0 radical (unpaired) electrons. The third-order valence-corrected chi connectivity index (χ3v) is 3.28. The fourth-order valence-electron chi connectivity index (χ4n) is 1.89. The van der Waals surface area contributed by atoms with Crippen molar-refractivity contribution in [1.29, 1.82) is 0 Å². The van der Waals surface area contributed by atoms with Gasteiger partial charge < -0.3 is 0 Å². The van der Waals surface area contributed by atoms with E-state index in [4.69, 9.17) is 0 Å². The molecular formula is C19H20N4O2. The van der Waals surface area contributed by atoms with Gasteiger partial charge in [0, 0.05) is 0 Å². The van der Waals surface area contributed by atoms with Crippen LogP contribution in [0.25, 0.3) is 0 Å². The van der Waals surface area contributed by atoms with Crippen LogP contribution in [-0.2, 0) is 9.59 Å². The zero-order valence-corrected chi connectivity index (χ0v) is 14.2. The summed E-state index contributed by atoms with van der Waals surface area (Å²) in [5, 5.41) is 7.63. The molecule has 2 rings (SSSR count). The Kier molecular flexibility index (Phi) is 6.59. The summed E-state index contributed by atoms with van der Waals surface area (Å²) in [5.74, 6) is -1.02. The van der Waals surface area contributed by atoms with Gasteiger partial charge >= 0.3 is 0 Å². The molecule has 2 N–H and O–H groups in total. The van der Waals surface area contributed by atoms with Crippen molar-refractivity contribution in [3.05, 3.63) is 70.8 Å². The summed E-state index contributed by atoms with van der Waals surface area (Å²) in [7, 11) is 0. The number of carbonyl (C=O) groups is 2. The molecule has 0 unspecified atom stereocenters. The van der Waals surface area contributed by atoms with E-state index in [0.717, 1.165) is 22.3 Å². The van der Waals surface area contributed by atoms with Crippen LogP contribution in [0.2, 0.25) is 0 Å². The number of benzene rings is 2. The highest BCUT2D eigenvalue weighted by Crippen LogP contribution is 2.00. The van der Waals surface area contributed by atoms with Crippen LogP contribution < -0.4 is 10.9 Å². The SMILES string of the molecule is Cc1ccc(/C=N/NC(=O)CC(=O)N/N=C/c2ccc(C)cc2)cc1. The van der Waals surface area contributed by atoms with Crippen LogP contribution in [0.1, 0.15) is 28.7 Å². The number of amides is 2. The number of nitrogens with zero attached hydrogens (tertiary/aromatic N) is 2. The van der Waals surface area contributed by atoms with Crippen molar-refractivity contribution in [2.75, 3.05) is 0 Å². The summed E-state index contributed by atoms with van der Waals surface area (Å²) in [6, 6.07) is 15.3. The van der Waals surface area contributed by atoms with Crippen molar-refractivity contribution in [3.63, 3.8) is 0 Å². The quantitative estimate of drug-likeness (QED) is 0.482. The molecule has 0 spiro atoms. The average Bonchev–Trinajstić information content (AvgIpc) is 2.58. The van der Waals surface area contributed by atoms with E-state index in [2.05, 4.69) is 21.1 Å². The first-order valence-corrected chi connectivity index (χ1v) is 7.80.